The highest BCUT2D eigenvalue weighted by Gasteiger charge is 2.04. The Morgan fingerprint density at radius 3 is 2.32 bits per heavy atom. The van der Waals surface area contributed by atoms with Crippen LogP contribution in [0.5, 0.6) is 5.75 Å². The first-order chi connectivity index (χ1) is 9.11. The maximum atomic E-state index is 5.70. The molecule has 1 aromatic carbocycles. The molecule has 19 heavy (non-hydrogen) atoms. The van der Waals surface area contributed by atoms with Crippen molar-refractivity contribution in [1.82, 2.24) is 0 Å². The number of hydrogen-bond acceptors (Lipinski definition) is 2. The first kappa shape index (κ1) is 15.9. The summed E-state index contributed by atoms with van der Waals surface area (Å²) in [6.07, 6.45) is 4.81. The monoisotopic (exact) mass is 263 g/mol. The lowest BCUT2D eigenvalue weighted by atomic mass is 10.1. The van der Waals surface area contributed by atoms with Crippen molar-refractivity contribution < 1.29 is 4.74 Å². The van der Waals surface area contributed by atoms with Gasteiger partial charge in [0.05, 0.1) is 6.61 Å². The fraction of sp³-hybridized carbons (Fsp3) is 0.647. The van der Waals surface area contributed by atoms with Crippen molar-refractivity contribution in [2.75, 3.05) is 11.9 Å². The van der Waals surface area contributed by atoms with Crippen LogP contribution in [0.3, 0.4) is 0 Å². The smallest absolute Gasteiger partial charge is 0.119 e. The third-order valence-electron chi connectivity index (χ3n) is 3.11. The van der Waals surface area contributed by atoms with E-state index in [1.165, 1.54) is 24.9 Å². The van der Waals surface area contributed by atoms with Gasteiger partial charge in [-0.25, -0.2) is 0 Å². The molecule has 2 nitrogen and oxygen atoms in total. The number of unbranched alkanes of at least 4 members (excludes halogenated alkanes) is 2. The van der Waals surface area contributed by atoms with Gasteiger partial charge < -0.3 is 10.1 Å². The van der Waals surface area contributed by atoms with Crippen molar-refractivity contribution in [3.8, 4) is 5.75 Å². The lowest BCUT2D eigenvalue weighted by Gasteiger charge is -2.17. The Labute approximate surface area is 118 Å². The standard InChI is InChI=1S/C17H29NO/c1-5-6-7-12-19-17-10-8-16(9-11-17)18-15(4)13-14(2)3/h8-11,14-15,18H,5-7,12-13H2,1-4H3. The molecule has 0 aromatic heterocycles. The Hall–Kier alpha value is -1.18. The average molecular weight is 263 g/mol. The summed E-state index contributed by atoms with van der Waals surface area (Å²) in [7, 11) is 0. The summed E-state index contributed by atoms with van der Waals surface area (Å²) in [4.78, 5) is 0. The Kier molecular flexibility index (Phi) is 7.39. The topological polar surface area (TPSA) is 21.3 Å². The van der Waals surface area contributed by atoms with Crippen LogP contribution in [0.1, 0.15) is 53.4 Å². The van der Waals surface area contributed by atoms with E-state index in [4.69, 9.17) is 4.74 Å². The summed E-state index contributed by atoms with van der Waals surface area (Å²) in [5, 5.41) is 3.52. The third-order valence-corrected chi connectivity index (χ3v) is 3.11. The van der Waals surface area contributed by atoms with Crippen LogP contribution in [0.15, 0.2) is 24.3 Å². The molecule has 0 aliphatic rings. The van der Waals surface area contributed by atoms with Gasteiger partial charge in [-0.2, -0.15) is 0 Å². The molecule has 0 spiro atoms. The molecule has 0 radical (unpaired) electrons. The zero-order valence-electron chi connectivity index (χ0n) is 12.9. The van der Waals surface area contributed by atoms with Crippen molar-refractivity contribution in [3.63, 3.8) is 0 Å². The van der Waals surface area contributed by atoms with Crippen molar-refractivity contribution in [3.05, 3.63) is 24.3 Å². The number of benzene rings is 1. The van der Waals surface area contributed by atoms with Crippen molar-refractivity contribution in [2.45, 2.75) is 59.4 Å². The van der Waals surface area contributed by atoms with E-state index in [1.54, 1.807) is 0 Å². The fourth-order valence-electron chi connectivity index (χ4n) is 2.24. The van der Waals surface area contributed by atoms with Crippen molar-refractivity contribution in [2.24, 2.45) is 5.92 Å². The van der Waals surface area contributed by atoms with E-state index >= 15 is 0 Å². The molecule has 1 N–H and O–H groups in total. The van der Waals surface area contributed by atoms with Gasteiger partial charge in [0, 0.05) is 11.7 Å². The van der Waals surface area contributed by atoms with Crippen molar-refractivity contribution >= 4 is 5.69 Å². The van der Waals surface area contributed by atoms with Gasteiger partial charge in [0.2, 0.25) is 0 Å². The molecule has 0 aliphatic carbocycles. The Morgan fingerprint density at radius 1 is 1.05 bits per heavy atom. The average Bonchev–Trinajstić information content (AvgIpc) is 2.35. The summed E-state index contributed by atoms with van der Waals surface area (Å²) in [6.45, 7) is 9.77. The molecular formula is C17H29NO. The van der Waals surface area contributed by atoms with Crippen LogP contribution >= 0.6 is 0 Å². The molecule has 0 heterocycles. The molecule has 1 atom stereocenters. The molecule has 108 valence electrons. The molecule has 0 bridgehead atoms. The van der Waals surface area contributed by atoms with Crippen LogP contribution < -0.4 is 10.1 Å². The first-order valence-electron chi connectivity index (χ1n) is 7.61. The summed E-state index contributed by atoms with van der Waals surface area (Å²) in [6, 6.07) is 8.82. The van der Waals surface area contributed by atoms with E-state index in [1.807, 2.05) is 0 Å². The van der Waals surface area contributed by atoms with E-state index in [0.717, 1.165) is 24.7 Å². The minimum Gasteiger partial charge on any atom is -0.494 e. The van der Waals surface area contributed by atoms with Crippen molar-refractivity contribution in [1.29, 1.82) is 0 Å². The zero-order chi connectivity index (χ0) is 14.1. The number of hydrogen-bond donors (Lipinski definition) is 1. The summed E-state index contributed by atoms with van der Waals surface area (Å²) in [5.74, 6) is 1.70. The lowest BCUT2D eigenvalue weighted by molar-refractivity contribution is 0.306. The third kappa shape index (κ3) is 7.09. The Bertz CT molecular complexity index is 332. The van der Waals surface area contributed by atoms with Gasteiger partial charge in [-0.05, 0) is 49.9 Å². The number of ether oxygens (including phenoxy) is 1. The summed E-state index contributed by atoms with van der Waals surface area (Å²) in [5.41, 5.74) is 1.18. The van der Waals surface area contributed by atoms with E-state index in [-0.39, 0.29) is 0 Å². The minimum absolute atomic E-state index is 0.510. The van der Waals surface area contributed by atoms with Gasteiger partial charge in [0.15, 0.2) is 0 Å². The van der Waals surface area contributed by atoms with Crippen LogP contribution in [0, 0.1) is 5.92 Å². The molecule has 1 rings (SSSR count). The highest BCUT2D eigenvalue weighted by atomic mass is 16.5. The highest BCUT2D eigenvalue weighted by Crippen LogP contribution is 2.18. The SMILES string of the molecule is CCCCCOc1ccc(NC(C)CC(C)C)cc1. The van der Waals surface area contributed by atoms with Crippen LogP contribution in [0.4, 0.5) is 5.69 Å². The quantitative estimate of drug-likeness (QED) is 0.626. The van der Waals surface area contributed by atoms with Gasteiger partial charge in [0.1, 0.15) is 5.75 Å². The number of nitrogens with one attached hydrogen (secondary N) is 1. The number of anilines is 1. The molecule has 2 heteroatoms. The zero-order valence-corrected chi connectivity index (χ0v) is 12.9. The van der Waals surface area contributed by atoms with E-state index < -0.39 is 0 Å². The molecule has 1 aromatic rings. The summed E-state index contributed by atoms with van der Waals surface area (Å²) < 4.78 is 5.70. The van der Waals surface area contributed by atoms with Crippen LogP contribution in [-0.4, -0.2) is 12.6 Å². The normalized spacial score (nSPS) is 12.5. The molecule has 1 unspecified atom stereocenters. The van der Waals surface area contributed by atoms with Gasteiger partial charge in [-0.15, -0.1) is 0 Å². The molecule has 0 fully saturated rings. The highest BCUT2D eigenvalue weighted by molar-refractivity contribution is 5.46. The molecule has 0 saturated heterocycles. The molecule has 0 aliphatic heterocycles. The van der Waals surface area contributed by atoms with Crippen LogP contribution in [0.2, 0.25) is 0 Å². The molecule has 0 saturated carbocycles. The summed E-state index contributed by atoms with van der Waals surface area (Å²) >= 11 is 0. The van der Waals surface area contributed by atoms with E-state index in [0.29, 0.717) is 6.04 Å². The second-order valence-electron chi connectivity index (χ2n) is 5.75. The maximum Gasteiger partial charge on any atom is 0.119 e. The van der Waals surface area contributed by atoms with Crippen LogP contribution in [-0.2, 0) is 0 Å². The van der Waals surface area contributed by atoms with E-state index in [2.05, 4.69) is 57.3 Å². The largest absolute Gasteiger partial charge is 0.494 e. The second kappa shape index (κ2) is 8.84. The van der Waals surface area contributed by atoms with Gasteiger partial charge >= 0.3 is 0 Å². The van der Waals surface area contributed by atoms with Crippen LogP contribution in [0.25, 0.3) is 0 Å². The fourth-order valence-corrected chi connectivity index (χ4v) is 2.24. The second-order valence-corrected chi connectivity index (χ2v) is 5.75. The molecule has 0 amide bonds. The maximum absolute atomic E-state index is 5.70. The Balaban J connectivity index is 2.34. The predicted octanol–water partition coefficient (Wildman–Crippen LogP) is 5.10. The first-order valence-corrected chi connectivity index (χ1v) is 7.61. The lowest BCUT2D eigenvalue weighted by Crippen LogP contribution is -2.17. The van der Waals surface area contributed by atoms with Gasteiger partial charge in [-0.3, -0.25) is 0 Å². The minimum atomic E-state index is 0.510. The van der Waals surface area contributed by atoms with Gasteiger partial charge in [-0.1, -0.05) is 33.6 Å². The number of rotatable bonds is 9. The van der Waals surface area contributed by atoms with Gasteiger partial charge in [0.25, 0.3) is 0 Å². The molecular weight excluding hydrogens is 234 g/mol. The van der Waals surface area contributed by atoms with E-state index in [9.17, 15) is 0 Å². The Morgan fingerprint density at radius 2 is 1.74 bits per heavy atom. The predicted molar refractivity (Wildman–Crippen MR) is 84.0 cm³/mol.